The maximum Gasteiger partial charge on any atom is 0.341 e. The fourth-order valence-corrected chi connectivity index (χ4v) is 2.13. The zero-order valence-corrected chi connectivity index (χ0v) is 11.9. The Hall–Kier alpha value is -3.10. The number of carbonyl (C=O) groups excluding carboxylic acids is 1. The van der Waals surface area contributed by atoms with Crippen LogP contribution in [0.3, 0.4) is 0 Å². The number of fused-ring (bicyclic) bond motifs is 1. The fourth-order valence-electron chi connectivity index (χ4n) is 2.13. The summed E-state index contributed by atoms with van der Waals surface area (Å²) in [6, 6.07) is 3.25. The molecule has 0 saturated heterocycles. The molecule has 0 fully saturated rings. The summed E-state index contributed by atoms with van der Waals surface area (Å²) in [6.07, 6.45) is 1.34. The van der Waals surface area contributed by atoms with Gasteiger partial charge in [0.25, 0.3) is 5.56 Å². The molecule has 0 unspecified atom stereocenters. The lowest BCUT2D eigenvalue weighted by Crippen LogP contribution is -2.22. The van der Waals surface area contributed by atoms with Crippen LogP contribution in [0, 0.1) is 6.92 Å². The van der Waals surface area contributed by atoms with Gasteiger partial charge >= 0.3 is 5.97 Å². The maximum absolute atomic E-state index is 12.6. The summed E-state index contributed by atoms with van der Waals surface area (Å²) in [6.45, 7) is 3.70. The maximum atomic E-state index is 12.6. The number of pyridine rings is 1. The van der Waals surface area contributed by atoms with Gasteiger partial charge in [-0.05, 0) is 36.4 Å². The number of tetrazole rings is 1. The molecule has 1 N–H and O–H groups in total. The van der Waals surface area contributed by atoms with Crippen LogP contribution in [0.15, 0.2) is 23.1 Å². The Balaban J connectivity index is 2.29. The van der Waals surface area contributed by atoms with Crippen molar-refractivity contribution in [3.05, 3.63) is 39.9 Å². The van der Waals surface area contributed by atoms with E-state index < -0.39 is 5.97 Å². The largest absolute Gasteiger partial charge is 0.462 e. The van der Waals surface area contributed by atoms with Crippen LogP contribution >= 0.6 is 0 Å². The summed E-state index contributed by atoms with van der Waals surface area (Å²) in [5.41, 5.74) is 0.945. The van der Waals surface area contributed by atoms with Gasteiger partial charge in [-0.2, -0.15) is 0 Å². The molecule has 0 amide bonds. The average Bonchev–Trinajstić information content (AvgIpc) is 3.02. The minimum atomic E-state index is -0.527. The average molecular weight is 300 g/mol. The number of hydrogen-bond donors (Lipinski definition) is 1. The number of H-pyrrole nitrogens is 1. The van der Waals surface area contributed by atoms with Gasteiger partial charge < -0.3 is 4.74 Å². The second-order valence-electron chi connectivity index (χ2n) is 4.49. The SMILES string of the molecule is CCOC(=O)c1ccc(C)n2c(=O)c(-c3nnn[nH]3)cnc12. The van der Waals surface area contributed by atoms with Crippen LogP contribution in [0.1, 0.15) is 23.0 Å². The highest BCUT2D eigenvalue weighted by atomic mass is 16.5. The summed E-state index contributed by atoms with van der Waals surface area (Å²) < 4.78 is 6.32. The van der Waals surface area contributed by atoms with E-state index in [4.69, 9.17) is 4.74 Å². The van der Waals surface area contributed by atoms with E-state index in [9.17, 15) is 9.59 Å². The molecule has 9 heteroatoms. The van der Waals surface area contributed by atoms with Crippen molar-refractivity contribution in [2.45, 2.75) is 13.8 Å². The second kappa shape index (κ2) is 5.35. The Bertz CT molecular complexity index is 900. The van der Waals surface area contributed by atoms with E-state index in [1.807, 2.05) is 0 Å². The van der Waals surface area contributed by atoms with Gasteiger partial charge in [0, 0.05) is 11.9 Å². The van der Waals surface area contributed by atoms with Gasteiger partial charge in [0.1, 0.15) is 11.1 Å². The third-order valence-electron chi connectivity index (χ3n) is 3.14. The van der Waals surface area contributed by atoms with Crippen molar-refractivity contribution < 1.29 is 9.53 Å². The minimum absolute atomic E-state index is 0.214. The number of nitrogens with zero attached hydrogens (tertiary/aromatic N) is 5. The number of nitrogens with one attached hydrogen (secondary N) is 1. The Kier molecular flexibility index (Phi) is 3.37. The van der Waals surface area contributed by atoms with Crippen LogP contribution in [0.25, 0.3) is 17.0 Å². The lowest BCUT2D eigenvalue weighted by Gasteiger charge is -2.09. The lowest BCUT2D eigenvalue weighted by atomic mass is 10.2. The number of aromatic amines is 1. The molecule has 0 aromatic carbocycles. The number of hydrogen-bond acceptors (Lipinski definition) is 7. The minimum Gasteiger partial charge on any atom is -0.462 e. The van der Waals surface area contributed by atoms with Crippen molar-refractivity contribution in [3.63, 3.8) is 0 Å². The van der Waals surface area contributed by atoms with Crippen molar-refractivity contribution in [2.24, 2.45) is 0 Å². The highest BCUT2D eigenvalue weighted by Gasteiger charge is 2.18. The molecule has 3 rings (SSSR count). The summed E-state index contributed by atoms with van der Waals surface area (Å²) in [5.74, 6) is -0.311. The summed E-state index contributed by atoms with van der Waals surface area (Å²) in [5, 5.41) is 13.1. The molecule has 0 aliphatic rings. The van der Waals surface area contributed by atoms with E-state index in [0.29, 0.717) is 5.69 Å². The van der Waals surface area contributed by atoms with Crippen molar-refractivity contribution in [3.8, 4) is 11.4 Å². The number of rotatable bonds is 3. The van der Waals surface area contributed by atoms with Crippen molar-refractivity contribution >= 4 is 11.6 Å². The van der Waals surface area contributed by atoms with Crippen molar-refractivity contribution in [2.75, 3.05) is 6.61 Å². The topological polar surface area (TPSA) is 115 Å². The zero-order chi connectivity index (χ0) is 15.7. The van der Waals surface area contributed by atoms with Crippen molar-refractivity contribution in [1.29, 1.82) is 0 Å². The first-order chi connectivity index (χ1) is 10.6. The molecular weight excluding hydrogens is 288 g/mol. The van der Waals surface area contributed by atoms with Gasteiger partial charge in [-0.3, -0.25) is 9.20 Å². The van der Waals surface area contributed by atoms with Crippen LogP contribution in [0.5, 0.6) is 0 Å². The third kappa shape index (κ3) is 2.12. The van der Waals surface area contributed by atoms with Crippen molar-refractivity contribution in [1.82, 2.24) is 30.0 Å². The number of carbonyl (C=O) groups is 1. The molecule has 0 spiro atoms. The Labute approximate surface area is 124 Å². The van der Waals surface area contributed by atoms with Crippen LogP contribution < -0.4 is 5.56 Å². The molecule has 0 bridgehead atoms. The number of ether oxygens (including phenoxy) is 1. The summed E-state index contributed by atoms with van der Waals surface area (Å²) in [7, 11) is 0. The van der Waals surface area contributed by atoms with E-state index in [2.05, 4.69) is 25.6 Å². The summed E-state index contributed by atoms with van der Waals surface area (Å²) in [4.78, 5) is 28.8. The smallest absolute Gasteiger partial charge is 0.341 e. The predicted molar refractivity (Wildman–Crippen MR) is 75.3 cm³/mol. The van der Waals surface area contributed by atoms with Crippen LogP contribution in [-0.2, 0) is 4.74 Å². The molecule has 0 radical (unpaired) electrons. The molecule has 3 heterocycles. The highest BCUT2D eigenvalue weighted by Crippen LogP contribution is 2.14. The fraction of sp³-hybridized carbons (Fsp3) is 0.231. The van der Waals surface area contributed by atoms with Gasteiger partial charge in [0.05, 0.1) is 6.61 Å². The van der Waals surface area contributed by atoms with Crippen LogP contribution in [0.2, 0.25) is 0 Å². The molecule has 3 aromatic rings. The first-order valence-corrected chi connectivity index (χ1v) is 6.56. The Morgan fingerprint density at radius 3 is 2.91 bits per heavy atom. The number of aryl methyl sites for hydroxylation is 1. The van der Waals surface area contributed by atoms with Crippen LogP contribution in [0.4, 0.5) is 0 Å². The first-order valence-electron chi connectivity index (χ1n) is 6.56. The second-order valence-corrected chi connectivity index (χ2v) is 4.49. The zero-order valence-electron chi connectivity index (χ0n) is 11.9. The molecule has 0 aliphatic carbocycles. The molecule has 3 aromatic heterocycles. The number of esters is 1. The molecule has 112 valence electrons. The molecule has 22 heavy (non-hydrogen) atoms. The predicted octanol–water partition coefficient (Wildman–Crippen LogP) is 0.360. The standard InChI is InChI=1S/C13H12N6O3/c1-3-22-13(21)8-5-4-7(2)19-11(8)14-6-9(12(19)20)10-15-17-18-16-10/h4-6H,3H2,1-2H3,(H,15,16,17,18). The number of aromatic nitrogens is 6. The van der Waals surface area contributed by atoms with E-state index in [1.165, 1.54) is 10.6 Å². The summed E-state index contributed by atoms with van der Waals surface area (Å²) >= 11 is 0. The van der Waals surface area contributed by atoms with E-state index in [0.717, 1.165) is 0 Å². The monoisotopic (exact) mass is 300 g/mol. The third-order valence-corrected chi connectivity index (χ3v) is 3.14. The molecular formula is C13H12N6O3. The van der Waals surface area contributed by atoms with Gasteiger partial charge in [0.2, 0.25) is 0 Å². The molecule has 0 aliphatic heterocycles. The Morgan fingerprint density at radius 1 is 1.41 bits per heavy atom. The van der Waals surface area contributed by atoms with E-state index >= 15 is 0 Å². The van der Waals surface area contributed by atoms with E-state index in [1.54, 1.807) is 26.0 Å². The van der Waals surface area contributed by atoms with Crippen LogP contribution in [-0.4, -0.2) is 42.6 Å². The normalized spacial score (nSPS) is 10.8. The molecule has 9 nitrogen and oxygen atoms in total. The lowest BCUT2D eigenvalue weighted by molar-refractivity contribution is 0.0528. The van der Waals surface area contributed by atoms with Gasteiger partial charge in [-0.25, -0.2) is 14.9 Å². The quantitative estimate of drug-likeness (QED) is 0.694. The van der Waals surface area contributed by atoms with Gasteiger partial charge in [-0.1, -0.05) is 0 Å². The van der Waals surface area contributed by atoms with Gasteiger partial charge in [-0.15, -0.1) is 5.10 Å². The highest BCUT2D eigenvalue weighted by molar-refractivity contribution is 5.95. The molecule has 0 atom stereocenters. The first kappa shape index (κ1) is 13.9. The Morgan fingerprint density at radius 2 is 2.23 bits per heavy atom. The molecule has 0 saturated carbocycles. The van der Waals surface area contributed by atoms with E-state index in [-0.39, 0.29) is 34.8 Å². The van der Waals surface area contributed by atoms with Gasteiger partial charge in [0.15, 0.2) is 11.5 Å².